The van der Waals surface area contributed by atoms with Gasteiger partial charge in [0.1, 0.15) is 12.1 Å². The Morgan fingerprint density at radius 2 is 2.24 bits per heavy atom. The normalized spacial score (nSPS) is 22.7. The largest absolute Gasteiger partial charge is 0.368 e. The second kappa shape index (κ2) is 5.65. The van der Waals surface area contributed by atoms with E-state index in [0.717, 1.165) is 6.42 Å². The molecule has 6 nitrogen and oxygen atoms in total. The molecule has 0 saturated carbocycles. The maximum Gasteiger partial charge on any atom is 0.243 e. The van der Waals surface area contributed by atoms with Crippen LogP contribution in [0.15, 0.2) is 0 Å². The molecule has 0 aromatic carbocycles. The van der Waals surface area contributed by atoms with Crippen LogP contribution in [-0.2, 0) is 14.4 Å². The van der Waals surface area contributed by atoms with E-state index in [1.165, 1.54) is 0 Å². The Hall–Kier alpha value is -1.59. The maximum atomic E-state index is 11.8. The molecule has 1 saturated heterocycles. The fraction of sp³-hybridized carbons (Fsp3) is 0.727. The van der Waals surface area contributed by atoms with Gasteiger partial charge in [-0.15, -0.1) is 0 Å². The maximum absolute atomic E-state index is 11.8. The number of primary amides is 1. The van der Waals surface area contributed by atoms with Gasteiger partial charge in [0.25, 0.3) is 0 Å². The average molecular weight is 241 g/mol. The van der Waals surface area contributed by atoms with Crippen molar-refractivity contribution in [2.45, 2.75) is 45.2 Å². The van der Waals surface area contributed by atoms with E-state index in [1.807, 2.05) is 13.8 Å². The Balaban J connectivity index is 2.58. The standard InChI is InChI=1S/C11H19N3O3/c1-3-6(2)9(10(12)16)14-11(17)7-4-5-8(15)13-7/h6-7,9H,3-5H2,1-2H3,(H2,12,16)(H,13,15)(H,14,17)/t6-,7+,9+/m1/s1. The van der Waals surface area contributed by atoms with Crippen LogP contribution in [0.1, 0.15) is 33.1 Å². The lowest BCUT2D eigenvalue weighted by atomic mass is 9.98. The number of amides is 3. The van der Waals surface area contributed by atoms with Crippen LogP contribution < -0.4 is 16.4 Å². The molecule has 1 rings (SSSR count). The van der Waals surface area contributed by atoms with Crippen LogP contribution in [0.3, 0.4) is 0 Å². The number of nitrogens with one attached hydrogen (secondary N) is 2. The molecule has 4 N–H and O–H groups in total. The van der Waals surface area contributed by atoms with Crippen molar-refractivity contribution in [3.8, 4) is 0 Å². The zero-order chi connectivity index (χ0) is 13.0. The van der Waals surface area contributed by atoms with E-state index in [0.29, 0.717) is 12.8 Å². The van der Waals surface area contributed by atoms with E-state index in [2.05, 4.69) is 10.6 Å². The summed E-state index contributed by atoms with van der Waals surface area (Å²) < 4.78 is 0. The van der Waals surface area contributed by atoms with Gasteiger partial charge in [-0.25, -0.2) is 0 Å². The quantitative estimate of drug-likeness (QED) is 0.592. The molecule has 0 unspecified atom stereocenters. The van der Waals surface area contributed by atoms with E-state index in [-0.39, 0.29) is 17.7 Å². The molecule has 17 heavy (non-hydrogen) atoms. The third-order valence-electron chi connectivity index (χ3n) is 3.13. The second-order valence-electron chi connectivity index (χ2n) is 4.43. The monoisotopic (exact) mass is 241 g/mol. The van der Waals surface area contributed by atoms with Crippen molar-refractivity contribution in [1.29, 1.82) is 0 Å². The fourth-order valence-electron chi connectivity index (χ4n) is 1.79. The van der Waals surface area contributed by atoms with E-state index >= 15 is 0 Å². The molecule has 3 atom stereocenters. The Kier molecular flexibility index (Phi) is 4.48. The molecule has 0 aliphatic carbocycles. The minimum Gasteiger partial charge on any atom is -0.368 e. The topological polar surface area (TPSA) is 101 Å². The highest BCUT2D eigenvalue weighted by atomic mass is 16.2. The lowest BCUT2D eigenvalue weighted by Crippen LogP contribution is -2.53. The third-order valence-corrected chi connectivity index (χ3v) is 3.13. The van der Waals surface area contributed by atoms with Crippen molar-refractivity contribution in [2.75, 3.05) is 0 Å². The highest BCUT2D eigenvalue weighted by molar-refractivity contribution is 5.93. The first-order chi connectivity index (χ1) is 7.95. The predicted molar refractivity (Wildman–Crippen MR) is 61.7 cm³/mol. The van der Waals surface area contributed by atoms with E-state index < -0.39 is 18.0 Å². The van der Waals surface area contributed by atoms with Gasteiger partial charge in [-0.05, 0) is 12.3 Å². The Morgan fingerprint density at radius 3 is 2.65 bits per heavy atom. The third kappa shape index (κ3) is 3.44. The van der Waals surface area contributed by atoms with Crippen LogP contribution in [0.2, 0.25) is 0 Å². The molecular weight excluding hydrogens is 222 g/mol. The highest BCUT2D eigenvalue weighted by Crippen LogP contribution is 2.10. The molecular formula is C11H19N3O3. The Morgan fingerprint density at radius 1 is 1.59 bits per heavy atom. The molecule has 0 aromatic rings. The van der Waals surface area contributed by atoms with Gasteiger partial charge in [-0.3, -0.25) is 14.4 Å². The molecule has 0 aromatic heterocycles. The molecule has 1 heterocycles. The fourth-order valence-corrected chi connectivity index (χ4v) is 1.79. The first kappa shape index (κ1) is 13.5. The molecule has 6 heteroatoms. The van der Waals surface area contributed by atoms with Crippen LogP contribution in [0.25, 0.3) is 0 Å². The number of nitrogens with two attached hydrogens (primary N) is 1. The van der Waals surface area contributed by atoms with Gasteiger partial charge >= 0.3 is 0 Å². The second-order valence-corrected chi connectivity index (χ2v) is 4.43. The van der Waals surface area contributed by atoms with Crippen LogP contribution >= 0.6 is 0 Å². The van der Waals surface area contributed by atoms with Crippen LogP contribution in [0.4, 0.5) is 0 Å². The molecule has 0 spiro atoms. The summed E-state index contributed by atoms with van der Waals surface area (Å²) in [6.45, 7) is 3.77. The number of carbonyl (C=O) groups excluding carboxylic acids is 3. The summed E-state index contributed by atoms with van der Waals surface area (Å²) in [5.74, 6) is -1.03. The summed E-state index contributed by atoms with van der Waals surface area (Å²) >= 11 is 0. The number of rotatable bonds is 5. The van der Waals surface area contributed by atoms with Crippen molar-refractivity contribution >= 4 is 17.7 Å². The van der Waals surface area contributed by atoms with Crippen LogP contribution in [0, 0.1) is 5.92 Å². The van der Waals surface area contributed by atoms with Crippen LogP contribution in [-0.4, -0.2) is 29.8 Å². The summed E-state index contributed by atoms with van der Waals surface area (Å²) in [5, 5.41) is 5.15. The van der Waals surface area contributed by atoms with E-state index in [1.54, 1.807) is 0 Å². The number of hydrogen-bond acceptors (Lipinski definition) is 3. The summed E-state index contributed by atoms with van der Waals surface area (Å²) in [6, 6.07) is -1.21. The Bertz CT molecular complexity index is 330. The molecule has 96 valence electrons. The summed E-state index contributed by atoms with van der Waals surface area (Å²) in [7, 11) is 0. The van der Waals surface area contributed by atoms with Crippen molar-refractivity contribution < 1.29 is 14.4 Å². The molecule has 1 aliphatic heterocycles. The highest BCUT2D eigenvalue weighted by Gasteiger charge is 2.31. The van der Waals surface area contributed by atoms with E-state index in [4.69, 9.17) is 5.73 Å². The first-order valence-corrected chi connectivity index (χ1v) is 5.84. The minimum absolute atomic E-state index is 0.0199. The molecule has 0 bridgehead atoms. The summed E-state index contributed by atoms with van der Waals surface area (Å²) in [4.78, 5) is 34.0. The zero-order valence-electron chi connectivity index (χ0n) is 10.2. The number of hydrogen-bond donors (Lipinski definition) is 3. The van der Waals surface area contributed by atoms with Gasteiger partial charge < -0.3 is 16.4 Å². The predicted octanol–water partition coefficient (Wildman–Crippen LogP) is -0.719. The van der Waals surface area contributed by atoms with Gasteiger partial charge in [-0.1, -0.05) is 20.3 Å². The Labute approximate surface area is 100 Å². The van der Waals surface area contributed by atoms with Gasteiger partial charge in [0.2, 0.25) is 17.7 Å². The molecule has 0 radical (unpaired) electrons. The average Bonchev–Trinajstić information content (AvgIpc) is 2.71. The van der Waals surface area contributed by atoms with Crippen molar-refractivity contribution in [1.82, 2.24) is 10.6 Å². The zero-order valence-corrected chi connectivity index (χ0v) is 10.2. The van der Waals surface area contributed by atoms with Crippen molar-refractivity contribution in [3.63, 3.8) is 0 Å². The SMILES string of the molecule is CC[C@@H](C)[C@H](NC(=O)[C@@H]1CCC(=O)N1)C(N)=O. The summed E-state index contributed by atoms with van der Waals surface area (Å²) in [6.07, 6.45) is 1.56. The lowest BCUT2D eigenvalue weighted by Gasteiger charge is -2.22. The van der Waals surface area contributed by atoms with Crippen LogP contribution in [0.5, 0.6) is 0 Å². The first-order valence-electron chi connectivity index (χ1n) is 5.84. The molecule has 1 aliphatic rings. The van der Waals surface area contributed by atoms with E-state index in [9.17, 15) is 14.4 Å². The lowest BCUT2D eigenvalue weighted by molar-refractivity contribution is -0.130. The van der Waals surface area contributed by atoms with Gasteiger partial charge in [0, 0.05) is 6.42 Å². The summed E-state index contributed by atoms with van der Waals surface area (Å²) in [5.41, 5.74) is 5.25. The smallest absolute Gasteiger partial charge is 0.243 e. The molecule has 1 fully saturated rings. The van der Waals surface area contributed by atoms with Gasteiger partial charge in [0.15, 0.2) is 0 Å². The van der Waals surface area contributed by atoms with Crippen molar-refractivity contribution in [2.24, 2.45) is 11.7 Å². The van der Waals surface area contributed by atoms with Gasteiger partial charge in [0.05, 0.1) is 0 Å². The van der Waals surface area contributed by atoms with Gasteiger partial charge in [-0.2, -0.15) is 0 Å². The minimum atomic E-state index is -0.676. The van der Waals surface area contributed by atoms with Crippen molar-refractivity contribution in [3.05, 3.63) is 0 Å². The number of carbonyl (C=O) groups is 3. The molecule has 3 amide bonds.